The van der Waals surface area contributed by atoms with Crippen molar-refractivity contribution < 1.29 is 22.4 Å². The Morgan fingerprint density at radius 2 is 1.78 bits per heavy atom. The summed E-state index contributed by atoms with van der Waals surface area (Å²) in [5.74, 6) is -0.439. The van der Waals surface area contributed by atoms with E-state index in [2.05, 4.69) is 0 Å². The third kappa shape index (κ3) is 3.99. The van der Waals surface area contributed by atoms with Gasteiger partial charge >= 0.3 is 5.63 Å². The van der Waals surface area contributed by atoms with Gasteiger partial charge in [0.05, 0.1) is 12.0 Å². The first kappa shape index (κ1) is 18.6. The van der Waals surface area contributed by atoms with Crippen molar-refractivity contribution >= 4 is 26.9 Å². The number of aryl methyl sites for hydroxylation is 1. The lowest BCUT2D eigenvalue weighted by Crippen LogP contribution is -2.42. The number of nitrogens with one attached hydrogen (secondary N) is 2. The molecule has 27 heavy (non-hydrogen) atoms. The number of rotatable bonds is 5. The lowest BCUT2D eigenvalue weighted by Gasteiger charge is -2.09. The summed E-state index contributed by atoms with van der Waals surface area (Å²) in [6.07, 6.45) is 0. The number of carbonyl (C=O) groups is 1. The highest BCUT2D eigenvalue weighted by atomic mass is 32.2. The topological polar surface area (TPSA) is 115 Å². The quantitative estimate of drug-likeness (QED) is 0.508. The van der Waals surface area contributed by atoms with Crippen LogP contribution in [0, 0.1) is 6.92 Å². The van der Waals surface area contributed by atoms with Gasteiger partial charge in [-0.25, -0.2) is 13.2 Å². The van der Waals surface area contributed by atoms with Gasteiger partial charge in [0.2, 0.25) is 0 Å². The summed E-state index contributed by atoms with van der Waals surface area (Å²) in [6.45, 7) is 1.82. The second-order valence-corrected chi connectivity index (χ2v) is 7.41. The number of amides is 1. The number of carbonyl (C=O) groups excluding carboxylic acids is 1. The second kappa shape index (κ2) is 7.22. The molecule has 2 N–H and O–H groups in total. The molecule has 0 unspecified atom stereocenters. The number of methoxy groups -OCH3 is 1. The standard InChI is InChI=1S/C18H16N2O6S/c1-11-3-7-14(8-4-11)27(23,24)20-19-17(21)15-9-12-5-6-13(25-2)10-16(12)26-18(15)22/h3-10,20H,1-2H3,(H,19,21). The molecule has 2 aromatic carbocycles. The number of ether oxygens (including phenoxy) is 1. The maximum atomic E-state index is 12.2. The number of sulfonamides is 1. The van der Waals surface area contributed by atoms with Crippen LogP contribution in [0.15, 0.2) is 62.6 Å². The minimum absolute atomic E-state index is 0.0222. The van der Waals surface area contributed by atoms with Crippen molar-refractivity contribution in [1.82, 2.24) is 10.3 Å². The molecule has 0 atom stereocenters. The van der Waals surface area contributed by atoms with Gasteiger partial charge in [0, 0.05) is 11.5 Å². The molecule has 1 heterocycles. The summed E-state index contributed by atoms with van der Waals surface area (Å²) in [5, 5.41) is 0.488. The highest BCUT2D eigenvalue weighted by molar-refractivity contribution is 7.89. The number of benzene rings is 2. The molecule has 0 aliphatic carbocycles. The summed E-state index contributed by atoms with van der Waals surface area (Å²) in [4.78, 5) is 26.2. The predicted octanol–water partition coefficient (Wildman–Crippen LogP) is 1.73. The van der Waals surface area contributed by atoms with E-state index in [0.29, 0.717) is 11.1 Å². The zero-order valence-electron chi connectivity index (χ0n) is 14.5. The molecule has 0 saturated heterocycles. The lowest BCUT2D eigenvalue weighted by molar-refractivity contribution is 0.0941. The van der Waals surface area contributed by atoms with Gasteiger partial charge in [0.25, 0.3) is 15.9 Å². The van der Waals surface area contributed by atoms with E-state index in [4.69, 9.17) is 9.15 Å². The van der Waals surface area contributed by atoms with Crippen molar-refractivity contribution in [2.75, 3.05) is 7.11 Å². The maximum Gasteiger partial charge on any atom is 0.349 e. The zero-order valence-corrected chi connectivity index (χ0v) is 15.3. The highest BCUT2D eigenvalue weighted by Crippen LogP contribution is 2.20. The number of fused-ring (bicyclic) bond motifs is 1. The third-order valence-corrected chi connectivity index (χ3v) is 5.08. The molecular formula is C18H16N2O6S. The number of hydrazine groups is 1. The van der Waals surface area contributed by atoms with Crippen LogP contribution in [-0.4, -0.2) is 21.4 Å². The molecule has 1 amide bonds. The van der Waals surface area contributed by atoms with E-state index in [9.17, 15) is 18.0 Å². The average molecular weight is 388 g/mol. The molecule has 9 heteroatoms. The van der Waals surface area contributed by atoms with E-state index in [-0.39, 0.29) is 16.0 Å². The molecule has 0 saturated carbocycles. The molecule has 0 aliphatic heterocycles. The summed E-state index contributed by atoms with van der Waals surface area (Å²) in [7, 11) is -2.50. The summed E-state index contributed by atoms with van der Waals surface area (Å²) < 4.78 is 34.6. The third-order valence-electron chi connectivity index (χ3n) is 3.82. The van der Waals surface area contributed by atoms with Gasteiger partial charge in [-0.05, 0) is 37.3 Å². The van der Waals surface area contributed by atoms with Crippen LogP contribution in [0.1, 0.15) is 15.9 Å². The van der Waals surface area contributed by atoms with Crippen LogP contribution in [0.3, 0.4) is 0 Å². The Balaban J connectivity index is 1.82. The van der Waals surface area contributed by atoms with E-state index in [1.165, 1.54) is 31.4 Å². The lowest BCUT2D eigenvalue weighted by atomic mass is 10.2. The van der Waals surface area contributed by atoms with Crippen LogP contribution in [0.2, 0.25) is 0 Å². The Morgan fingerprint density at radius 3 is 2.44 bits per heavy atom. The smallest absolute Gasteiger partial charge is 0.349 e. The van der Waals surface area contributed by atoms with E-state index >= 15 is 0 Å². The number of hydrogen-bond acceptors (Lipinski definition) is 6. The van der Waals surface area contributed by atoms with Gasteiger partial charge in [0.15, 0.2) is 0 Å². The van der Waals surface area contributed by atoms with Crippen molar-refractivity contribution in [1.29, 1.82) is 0 Å². The van der Waals surface area contributed by atoms with Gasteiger partial charge in [-0.2, -0.15) is 0 Å². The molecule has 3 rings (SSSR count). The van der Waals surface area contributed by atoms with E-state index in [1.807, 2.05) is 17.2 Å². The SMILES string of the molecule is COc1ccc2cc(C(=O)NNS(=O)(=O)c3ccc(C)cc3)c(=O)oc2c1. The van der Waals surface area contributed by atoms with Crippen molar-refractivity contribution in [3.05, 3.63) is 70.1 Å². The minimum Gasteiger partial charge on any atom is -0.497 e. The molecule has 1 aromatic heterocycles. The Kier molecular flexibility index (Phi) is 4.98. The van der Waals surface area contributed by atoms with Crippen LogP contribution in [0.4, 0.5) is 0 Å². The summed E-state index contributed by atoms with van der Waals surface area (Å²) in [6, 6.07) is 12.2. The van der Waals surface area contributed by atoms with Gasteiger partial charge in [-0.15, -0.1) is 4.83 Å². The van der Waals surface area contributed by atoms with Crippen molar-refractivity contribution in [2.45, 2.75) is 11.8 Å². The monoisotopic (exact) mass is 388 g/mol. The first-order chi connectivity index (χ1) is 12.8. The minimum atomic E-state index is -3.98. The molecule has 0 aliphatic rings. The Hall–Kier alpha value is -3.17. The maximum absolute atomic E-state index is 12.2. The highest BCUT2D eigenvalue weighted by Gasteiger charge is 2.18. The molecule has 0 radical (unpaired) electrons. The van der Waals surface area contributed by atoms with Crippen molar-refractivity contribution in [3.63, 3.8) is 0 Å². The summed E-state index contributed by atoms with van der Waals surface area (Å²) >= 11 is 0. The van der Waals surface area contributed by atoms with Crippen LogP contribution < -0.4 is 20.6 Å². The van der Waals surface area contributed by atoms with E-state index < -0.39 is 21.6 Å². The summed E-state index contributed by atoms with van der Waals surface area (Å²) in [5.41, 5.74) is 1.92. The Morgan fingerprint density at radius 1 is 1.07 bits per heavy atom. The molecule has 140 valence electrons. The predicted molar refractivity (Wildman–Crippen MR) is 98.0 cm³/mol. The number of hydrogen-bond donors (Lipinski definition) is 2. The van der Waals surface area contributed by atoms with Crippen LogP contribution in [-0.2, 0) is 10.0 Å². The van der Waals surface area contributed by atoms with Crippen molar-refractivity contribution in [3.8, 4) is 5.75 Å². The first-order valence-electron chi connectivity index (χ1n) is 7.81. The molecule has 0 bridgehead atoms. The zero-order chi connectivity index (χ0) is 19.6. The Labute approximate surface area is 154 Å². The van der Waals surface area contributed by atoms with Crippen LogP contribution in [0.25, 0.3) is 11.0 Å². The van der Waals surface area contributed by atoms with Crippen molar-refractivity contribution in [2.24, 2.45) is 0 Å². The fourth-order valence-corrected chi connectivity index (χ4v) is 3.17. The Bertz CT molecular complexity index is 1170. The molecular weight excluding hydrogens is 372 g/mol. The molecule has 0 spiro atoms. The van der Waals surface area contributed by atoms with E-state index in [0.717, 1.165) is 5.56 Å². The largest absolute Gasteiger partial charge is 0.497 e. The molecule has 8 nitrogen and oxygen atoms in total. The second-order valence-electron chi connectivity index (χ2n) is 5.72. The normalized spacial score (nSPS) is 11.3. The van der Waals surface area contributed by atoms with Crippen LogP contribution in [0.5, 0.6) is 5.75 Å². The molecule has 0 fully saturated rings. The fourth-order valence-electron chi connectivity index (χ4n) is 2.33. The molecule has 3 aromatic rings. The van der Waals surface area contributed by atoms with Gasteiger partial charge in [0.1, 0.15) is 16.9 Å². The van der Waals surface area contributed by atoms with E-state index in [1.54, 1.807) is 24.3 Å². The average Bonchev–Trinajstić information content (AvgIpc) is 2.65. The first-order valence-corrected chi connectivity index (χ1v) is 9.29. The van der Waals surface area contributed by atoms with Gasteiger partial charge in [-0.1, -0.05) is 17.7 Å². The van der Waals surface area contributed by atoms with Crippen LogP contribution >= 0.6 is 0 Å². The fraction of sp³-hybridized carbons (Fsp3) is 0.111. The van der Waals surface area contributed by atoms with Gasteiger partial charge < -0.3 is 9.15 Å². The van der Waals surface area contributed by atoms with Gasteiger partial charge in [-0.3, -0.25) is 10.2 Å².